The molecule has 0 amide bonds. The predicted octanol–water partition coefficient (Wildman–Crippen LogP) is 4.95. The van der Waals surface area contributed by atoms with Crippen molar-refractivity contribution in [1.29, 1.82) is 0 Å². The summed E-state index contributed by atoms with van der Waals surface area (Å²) in [5, 5.41) is 0.801. The van der Waals surface area contributed by atoms with Crippen LogP contribution < -0.4 is 0 Å². The molecule has 1 nitrogen and oxygen atoms in total. The number of halogens is 1. The van der Waals surface area contributed by atoms with Crippen LogP contribution in [0.15, 0.2) is 60.7 Å². The molecule has 0 heterocycles. The van der Waals surface area contributed by atoms with Crippen molar-refractivity contribution >= 4 is 15.9 Å². The number of ether oxygens (including phenoxy) is 1. The SMILES string of the molecule is CC(CBr)(OCCCc1ccccc1)c1ccccc1. The minimum atomic E-state index is -0.252. The van der Waals surface area contributed by atoms with Gasteiger partial charge in [-0.15, -0.1) is 0 Å². The molecule has 0 aromatic heterocycles. The first-order valence-corrected chi connectivity index (χ1v) is 8.16. The van der Waals surface area contributed by atoms with Crippen molar-refractivity contribution in [1.82, 2.24) is 0 Å². The highest BCUT2D eigenvalue weighted by molar-refractivity contribution is 9.09. The van der Waals surface area contributed by atoms with Gasteiger partial charge in [0.15, 0.2) is 0 Å². The van der Waals surface area contributed by atoms with E-state index in [4.69, 9.17) is 4.74 Å². The highest BCUT2D eigenvalue weighted by atomic mass is 79.9. The average Bonchev–Trinajstić information content (AvgIpc) is 2.53. The second kappa shape index (κ2) is 7.61. The van der Waals surface area contributed by atoms with E-state index in [-0.39, 0.29) is 5.60 Å². The van der Waals surface area contributed by atoms with Gasteiger partial charge in [-0.2, -0.15) is 0 Å². The van der Waals surface area contributed by atoms with E-state index in [9.17, 15) is 0 Å². The lowest BCUT2D eigenvalue weighted by atomic mass is 9.98. The maximum atomic E-state index is 6.14. The lowest BCUT2D eigenvalue weighted by molar-refractivity contribution is -0.0177. The molecular formula is C18H21BrO. The first kappa shape index (κ1) is 15.3. The normalized spacial score (nSPS) is 13.9. The number of benzene rings is 2. The van der Waals surface area contributed by atoms with Crippen LogP contribution in [-0.2, 0) is 16.8 Å². The lowest BCUT2D eigenvalue weighted by Gasteiger charge is -2.28. The van der Waals surface area contributed by atoms with Crippen molar-refractivity contribution in [2.75, 3.05) is 11.9 Å². The molecule has 0 spiro atoms. The smallest absolute Gasteiger partial charge is 0.0999 e. The molecule has 20 heavy (non-hydrogen) atoms. The summed E-state index contributed by atoms with van der Waals surface area (Å²) in [6.07, 6.45) is 2.10. The van der Waals surface area contributed by atoms with E-state index in [0.29, 0.717) is 0 Å². The van der Waals surface area contributed by atoms with Crippen LogP contribution in [0.3, 0.4) is 0 Å². The number of alkyl halides is 1. The molecule has 0 saturated carbocycles. The van der Waals surface area contributed by atoms with Crippen molar-refractivity contribution in [2.24, 2.45) is 0 Å². The van der Waals surface area contributed by atoms with Gasteiger partial charge in [0.2, 0.25) is 0 Å². The Morgan fingerprint density at radius 2 is 1.55 bits per heavy atom. The van der Waals surface area contributed by atoms with E-state index in [1.165, 1.54) is 11.1 Å². The number of aryl methyl sites for hydroxylation is 1. The van der Waals surface area contributed by atoms with Crippen LogP contribution in [0, 0.1) is 0 Å². The molecule has 106 valence electrons. The van der Waals surface area contributed by atoms with Crippen LogP contribution in [0.5, 0.6) is 0 Å². The van der Waals surface area contributed by atoms with Crippen molar-refractivity contribution in [2.45, 2.75) is 25.4 Å². The molecule has 0 aliphatic carbocycles. The summed E-state index contributed by atoms with van der Waals surface area (Å²) in [4.78, 5) is 0. The monoisotopic (exact) mass is 332 g/mol. The zero-order chi connectivity index (χ0) is 14.3. The highest BCUT2D eigenvalue weighted by Crippen LogP contribution is 2.27. The summed E-state index contributed by atoms with van der Waals surface area (Å²) in [6, 6.07) is 21.0. The topological polar surface area (TPSA) is 9.23 Å². The van der Waals surface area contributed by atoms with Gasteiger partial charge in [-0.25, -0.2) is 0 Å². The molecular weight excluding hydrogens is 312 g/mol. The molecule has 0 radical (unpaired) electrons. The van der Waals surface area contributed by atoms with E-state index >= 15 is 0 Å². The minimum absolute atomic E-state index is 0.252. The Kier molecular flexibility index (Phi) is 5.81. The van der Waals surface area contributed by atoms with Gasteiger partial charge in [-0.1, -0.05) is 76.6 Å². The van der Waals surface area contributed by atoms with Crippen molar-refractivity contribution in [3.63, 3.8) is 0 Å². The molecule has 0 fully saturated rings. The standard InChI is InChI=1S/C18H21BrO/c1-18(15-19,17-12-6-3-7-13-17)20-14-8-11-16-9-4-2-5-10-16/h2-7,9-10,12-13H,8,11,14-15H2,1H3. The Bertz CT molecular complexity index is 497. The second-order valence-corrected chi connectivity index (χ2v) is 5.73. The van der Waals surface area contributed by atoms with E-state index in [1.54, 1.807) is 0 Å². The zero-order valence-electron chi connectivity index (χ0n) is 11.9. The third-order valence-electron chi connectivity index (χ3n) is 3.51. The number of hydrogen-bond acceptors (Lipinski definition) is 1. The zero-order valence-corrected chi connectivity index (χ0v) is 13.5. The molecule has 2 rings (SSSR count). The summed E-state index contributed by atoms with van der Waals surface area (Å²) in [7, 11) is 0. The van der Waals surface area contributed by atoms with Crippen molar-refractivity contribution in [3.8, 4) is 0 Å². The third kappa shape index (κ3) is 4.19. The van der Waals surface area contributed by atoms with Crippen LogP contribution in [0.1, 0.15) is 24.5 Å². The largest absolute Gasteiger partial charge is 0.370 e. The maximum absolute atomic E-state index is 6.14. The molecule has 0 aliphatic rings. The predicted molar refractivity (Wildman–Crippen MR) is 88.3 cm³/mol. The van der Waals surface area contributed by atoms with Gasteiger partial charge < -0.3 is 4.74 Å². The second-order valence-electron chi connectivity index (χ2n) is 5.17. The molecule has 0 bridgehead atoms. The molecule has 0 saturated heterocycles. The molecule has 1 atom stereocenters. The number of hydrogen-bond donors (Lipinski definition) is 0. The van der Waals surface area contributed by atoms with Gasteiger partial charge in [0, 0.05) is 11.9 Å². The molecule has 2 aromatic rings. The summed E-state index contributed by atoms with van der Waals surface area (Å²) in [5.74, 6) is 0. The molecule has 0 aliphatic heterocycles. The van der Waals surface area contributed by atoms with E-state index < -0.39 is 0 Å². The van der Waals surface area contributed by atoms with Gasteiger partial charge in [-0.3, -0.25) is 0 Å². The first-order chi connectivity index (χ1) is 9.74. The van der Waals surface area contributed by atoms with Crippen LogP contribution in [0.25, 0.3) is 0 Å². The number of rotatable bonds is 7. The summed E-state index contributed by atoms with van der Waals surface area (Å²) in [6.45, 7) is 2.91. The quantitative estimate of drug-likeness (QED) is 0.515. The Balaban J connectivity index is 1.85. The van der Waals surface area contributed by atoms with Gasteiger partial charge in [0.1, 0.15) is 0 Å². The Labute approximate surface area is 130 Å². The van der Waals surface area contributed by atoms with E-state index in [1.807, 2.05) is 6.07 Å². The van der Waals surface area contributed by atoms with E-state index in [0.717, 1.165) is 24.8 Å². The van der Waals surface area contributed by atoms with E-state index in [2.05, 4.69) is 77.5 Å². The van der Waals surface area contributed by atoms with Gasteiger partial charge in [0.25, 0.3) is 0 Å². The fourth-order valence-electron chi connectivity index (χ4n) is 2.21. The van der Waals surface area contributed by atoms with Crippen LogP contribution in [0.2, 0.25) is 0 Å². The molecule has 0 N–H and O–H groups in total. The third-order valence-corrected chi connectivity index (χ3v) is 4.58. The molecule has 1 unspecified atom stereocenters. The fourth-order valence-corrected chi connectivity index (χ4v) is 2.69. The van der Waals surface area contributed by atoms with Crippen LogP contribution in [0.4, 0.5) is 0 Å². The van der Waals surface area contributed by atoms with Crippen LogP contribution >= 0.6 is 15.9 Å². The summed E-state index contributed by atoms with van der Waals surface area (Å²) in [5.41, 5.74) is 2.34. The van der Waals surface area contributed by atoms with Gasteiger partial charge in [-0.05, 0) is 30.9 Å². The molecule has 2 aromatic carbocycles. The maximum Gasteiger partial charge on any atom is 0.0999 e. The van der Waals surface area contributed by atoms with Crippen molar-refractivity contribution < 1.29 is 4.74 Å². The average molecular weight is 333 g/mol. The minimum Gasteiger partial charge on any atom is -0.370 e. The highest BCUT2D eigenvalue weighted by Gasteiger charge is 2.25. The van der Waals surface area contributed by atoms with Gasteiger partial charge in [0.05, 0.1) is 5.60 Å². The Morgan fingerprint density at radius 1 is 0.950 bits per heavy atom. The Hall–Kier alpha value is -1.12. The fraction of sp³-hybridized carbons (Fsp3) is 0.333. The first-order valence-electron chi connectivity index (χ1n) is 7.04. The molecule has 2 heteroatoms. The van der Waals surface area contributed by atoms with Gasteiger partial charge >= 0.3 is 0 Å². The summed E-state index contributed by atoms with van der Waals surface area (Å²) >= 11 is 3.58. The van der Waals surface area contributed by atoms with Crippen molar-refractivity contribution in [3.05, 3.63) is 71.8 Å². The van der Waals surface area contributed by atoms with Crippen LogP contribution in [-0.4, -0.2) is 11.9 Å². The lowest BCUT2D eigenvalue weighted by Crippen LogP contribution is -2.28. The summed E-state index contributed by atoms with van der Waals surface area (Å²) < 4.78 is 6.14. The Morgan fingerprint density at radius 3 is 2.15 bits per heavy atom.